The number of halogens is 4. The quantitative estimate of drug-likeness (QED) is 0.158. The van der Waals surface area contributed by atoms with Gasteiger partial charge in [0.2, 0.25) is 0 Å². The predicted molar refractivity (Wildman–Crippen MR) is 113 cm³/mol. The average molecular weight is 423 g/mol. The molecular weight excluding hydrogens is 412 g/mol. The number of rotatable bonds is 2. The molecule has 130 valence electrons. The summed E-state index contributed by atoms with van der Waals surface area (Å²) in [6.07, 6.45) is 4.03. The molecule has 4 rings (SSSR count). The fourth-order valence-corrected chi connectivity index (χ4v) is 4.09. The number of nitrogens with one attached hydrogen (secondary N) is 1. The largest absolute Gasteiger partial charge is 0.369 e. The summed E-state index contributed by atoms with van der Waals surface area (Å²) in [6.45, 7) is 0. The van der Waals surface area contributed by atoms with Gasteiger partial charge in [-0.05, 0) is 28.5 Å². The maximum atomic E-state index is 8.12. The molecule has 0 amide bonds. The number of nitrogens with two attached hydrogens (primary N) is 1. The van der Waals surface area contributed by atoms with Crippen molar-refractivity contribution in [1.82, 2.24) is 0 Å². The minimum Gasteiger partial charge on any atom is -0.369 e. The molecule has 0 unspecified atom stereocenters. The van der Waals surface area contributed by atoms with Crippen molar-refractivity contribution < 1.29 is 0 Å². The first-order valence-electron chi connectivity index (χ1n) is 7.61. The second kappa shape index (κ2) is 6.36. The fourth-order valence-electron chi connectivity index (χ4n) is 3.21. The molecule has 0 radical (unpaired) electrons. The van der Waals surface area contributed by atoms with E-state index in [1.165, 1.54) is 4.90 Å². The van der Waals surface area contributed by atoms with Gasteiger partial charge in [0.1, 0.15) is 0 Å². The summed E-state index contributed by atoms with van der Waals surface area (Å²) in [4.78, 5) is 1.51. The van der Waals surface area contributed by atoms with Gasteiger partial charge in [0, 0.05) is 5.56 Å². The zero-order valence-corrected chi connectivity index (χ0v) is 16.2. The molecule has 0 spiro atoms. The van der Waals surface area contributed by atoms with Gasteiger partial charge in [-0.3, -0.25) is 10.3 Å². The Labute approximate surface area is 170 Å². The van der Waals surface area contributed by atoms with Gasteiger partial charge in [-0.1, -0.05) is 82.8 Å². The third kappa shape index (κ3) is 2.55. The topological polar surface area (TPSA) is 53.1 Å². The van der Waals surface area contributed by atoms with Crippen LogP contribution in [-0.2, 0) is 0 Å². The van der Waals surface area contributed by atoms with Crippen molar-refractivity contribution in [2.45, 2.75) is 0 Å². The second-order valence-corrected chi connectivity index (χ2v) is 7.36. The monoisotopic (exact) mass is 421 g/mol. The van der Waals surface area contributed by atoms with Crippen LogP contribution in [0.4, 0.5) is 11.4 Å². The van der Waals surface area contributed by atoms with Crippen molar-refractivity contribution >= 4 is 86.7 Å². The van der Waals surface area contributed by atoms with Crippen molar-refractivity contribution in [2.75, 3.05) is 4.90 Å². The summed E-state index contributed by atoms with van der Waals surface area (Å²) < 4.78 is 0. The lowest BCUT2D eigenvalue weighted by Gasteiger charge is -2.27. The summed E-state index contributed by atoms with van der Waals surface area (Å²) >= 11 is 24.8. The Bertz CT molecular complexity index is 1120. The maximum absolute atomic E-state index is 8.12. The molecule has 0 fully saturated rings. The van der Waals surface area contributed by atoms with Crippen LogP contribution in [0.15, 0.2) is 36.4 Å². The van der Waals surface area contributed by atoms with Crippen molar-refractivity contribution in [2.24, 2.45) is 5.73 Å². The lowest BCUT2D eigenvalue weighted by molar-refractivity contribution is 1.26. The zero-order chi connectivity index (χ0) is 18.6. The molecule has 0 bridgehead atoms. The Balaban J connectivity index is 2.01. The molecule has 0 atom stereocenters. The van der Waals surface area contributed by atoms with E-state index in [1.54, 1.807) is 6.07 Å². The van der Waals surface area contributed by atoms with Gasteiger partial charge in [0.25, 0.3) is 0 Å². The van der Waals surface area contributed by atoms with Crippen molar-refractivity contribution in [3.05, 3.63) is 67.6 Å². The minimum atomic E-state index is -0.213. The second-order valence-electron chi connectivity index (χ2n) is 5.82. The van der Waals surface area contributed by atoms with Gasteiger partial charge in [0.05, 0.1) is 31.5 Å². The first-order chi connectivity index (χ1) is 12.4. The van der Waals surface area contributed by atoms with Crippen LogP contribution in [0, 0.1) is 5.41 Å². The van der Waals surface area contributed by atoms with E-state index in [9.17, 15) is 0 Å². The third-order valence-corrected chi connectivity index (χ3v) is 6.07. The number of hydrogen-bond acceptors (Lipinski definition) is 1. The van der Waals surface area contributed by atoms with Crippen LogP contribution in [0.25, 0.3) is 22.9 Å². The van der Waals surface area contributed by atoms with E-state index in [1.807, 2.05) is 42.5 Å². The highest BCUT2D eigenvalue weighted by Crippen LogP contribution is 2.46. The molecule has 7 heteroatoms. The molecule has 3 N–H and O–H groups in total. The van der Waals surface area contributed by atoms with E-state index in [2.05, 4.69) is 0 Å². The molecular formula is C19H11Cl4N3. The first kappa shape index (κ1) is 17.5. The smallest absolute Gasteiger partial charge is 0.197 e. The maximum Gasteiger partial charge on any atom is 0.197 e. The minimum absolute atomic E-state index is 0.121. The summed E-state index contributed by atoms with van der Waals surface area (Å²) in [5, 5.41) is 11.0. The van der Waals surface area contributed by atoms with Gasteiger partial charge < -0.3 is 5.73 Å². The molecule has 0 heterocycles. The number of nitrogens with zero attached hydrogens (tertiary/aromatic N) is 1. The van der Waals surface area contributed by atoms with Crippen LogP contribution in [0.1, 0.15) is 11.1 Å². The number of anilines is 2. The van der Waals surface area contributed by atoms with Gasteiger partial charge in [0.15, 0.2) is 5.96 Å². The number of guanidine groups is 1. The lowest BCUT2D eigenvalue weighted by atomic mass is 10.0. The molecule has 3 aromatic carbocycles. The number of hydrogen-bond donors (Lipinski definition) is 2. The van der Waals surface area contributed by atoms with Gasteiger partial charge >= 0.3 is 0 Å². The molecule has 1 aliphatic carbocycles. The highest BCUT2D eigenvalue weighted by Gasteiger charge is 2.24. The molecule has 26 heavy (non-hydrogen) atoms. The van der Waals surface area contributed by atoms with Crippen LogP contribution in [0.5, 0.6) is 0 Å². The van der Waals surface area contributed by atoms with Gasteiger partial charge in [-0.15, -0.1) is 0 Å². The van der Waals surface area contributed by atoms with Crippen molar-refractivity contribution in [1.29, 1.82) is 5.41 Å². The van der Waals surface area contributed by atoms with E-state index in [-0.39, 0.29) is 26.1 Å². The highest BCUT2D eigenvalue weighted by molar-refractivity contribution is 6.53. The van der Waals surface area contributed by atoms with Gasteiger partial charge in [-0.2, -0.15) is 0 Å². The standard InChI is InChI=1S/C19H11Cl4N3/c20-12-8-14(17(22)18(23)16(12)21)26(19(24)25)13-7-5-10-3-1-2-9-4-6-11(13)15(9)10/h1-8H,(H3,24,25). The summed E-state index contributed by atoms with van der Waals surface area (Å²) in [6, 6.07) is 11.5. The summed E-state index contributed by atoms with van der Waals surface area (Å²) in [7, 11) is 0. The van der Waals surface area contributed by atoms with E-state index in [0.29, 0.717) is 11.4 Å². The molecule has 3 nitrogen and oxygen atoms in total. The molecule has 3 aromatic rings. The average Bonchev–Trinajstić information content (AvgIpc) is 3.05. The van der Waals surface area contributed by atoms with Gasteiger partial charge in [-0.25, -0.2) is 0 Å². The molecule has 0 aromatic heterocycles. The fraction of sp³-hybridized carbons (Fsp3) is 0. The third-order valence-electron chi connectivity index (χ3n) is 4.33. The zero-order valence-electron chi connectivity index (χ0n) is 13.2. The van der Waals surface area contributed by atoms with E-state index in [4.69, 9.17) is 57.5 Å². The summed E-state index contributed by atoms with van der Waals surface area (Å²) in [5.74, 6) is -0.213. The SMILES string of the molecule is N=C(N)N(c1cc(Cl)c(Cl)c(Cl)c1Cl)c1ccc2cccc3c2c1C=C3. The van der Waals surface area contributed by atoms with Crippen LogP contribution in [-0.4, -0.2) is 5.96 Å². The highest BCUT2D eigenvalue weighted by atomic mass is 35.5. The molecule has 1 aliphatic rings. The number of benzene rings is 3. The molecule has 0 saturated heterocycles. The first-order valence-corrected chi connectivity index (χ1v) is 9.12. The van der Waals surface area contributed by atoms with Crippen LogP contribution in [0.2, 0.25) is 20.1 Å². The van der Waals surface area contributed by atoms with Crippen LogP contribution < -0.4 is 10.6 Å². The summed E-state index contributed by atoms with van der Waals surface area (Å²) in [5.41, 5.74) is 9.07. The Kier molecular flexibility index (Phi) is 4.28. The van der Waals surface area contributed by atoms with E-state index >= 15 is 0 Å². The molecule has 0 aliphatic heterocycles. The Hall–Kier alpha value is -1.91. The normalized spacial score (nSPS) is 12.0. The Morgan fingerprint density at radius 1 is 0.885 bits per heavy atom. The van der Waals surface area contributed by atoms with Crippen molar-refractivity contribution in [3.63, 3.8) is 0 Å². The van der Waals surface area contributed by atoms with Crippen molar-refractivity contribution in [3.8, 4) is 0 Å². The van der Waals surface area contributed by atoms with Crippen LogP contribution in [0.3, 0.4) is 0 Å². The van der Waals surface area contributed by atoms with E-state index < -0.39 is 0 Å². The predicted octanol–water partition coefficient (Wildman–Crippen LogP) is 6.97. The Morgan fingerprint density at radius 2 is 1.65 bits per heavy atom. The molecule has 0 saturated carbocycles. The van der Waals surface area contributed by atoms with Crippen LogP contribution >= 0.6 is 46.4 Å². The lowest BCUT2D eigenvalue weighted by Crippen LogP contribution is -2.33. The van der Waals surface area contributed by atoms with E-state index in [0.717, 1.165) is 21.9 Å². The Morgan fingerprint density at radius 3 is 2.38 bits per heavy atom.